The molecule has 5 rings (SSSR count). The quantitative estimate of drug-likeness (QED) is 0.202. The lowest BCUT2D eigenvalue weighted by Gasteiger charge is -2.37. The maximum atomic E-state index is 13.4. The number of rotatable bonds is 11. The van der Waals surface area contributed by atoms with Crippen molar-refractivity contribution in [2.45, 2.75) is 49.2 Å². The molecule has 0 saturated heterocycles. The van der Waals surface area contributed by atoms with Gasteiger partial charge in [-0.25, -0.2) is 9.78 Å². The third-order valence-corrected chi connectivity index (χ3v) is 8.82. The first-order valence-corrected chi connectivity index (χ1v) is 15.4. The Balaban J connectivity index is 1.33. The van der Waals surface area contributed by atoms with Crippen LogP contribution in [-0.4, -0.2) is 30.1 Å². The Labute approximate surface area is 251 Å². The van der Waals surface area contributed by atoms with Crippen LogP contribution in [0.25, 0.3) is 0 Å². The number of hydrogen-bond donors (Lipinski definition) is 2. The Morgan fingerprint density at radius 2 is 1.51 bits per heavy atom. The normalized spacial score (nSPS) is 14.5. The average Bonchev–Trinajstić information content (AvgIpc) is 3.02. The molecule has 0 bridgehead atoms. The number of pyridine rings is 1. The second-order valence-corrected chi connectivity index (χ2v) is 12.3. The van der Waals surface area contributed by atoms with Crippen LogP contribution in [0.3, 0.4) is 0 Å². The molecule has 0 saturated carbocycles. The molecule has 9 heteroatoms. The van der Waals surface area contributed by atoms with Crippen LogP contribution < -0.4 is 4.72 Å². The Morgan fingerprint density at radius 1 is 0.884 bits per heavy atom. The highest BCUT2D eigenvalue weighted by atomic mass is 32.2. The second-order valence-electron chi connectivity index (χ2n) is 10.6. The summed E-state index contributed by atoms with van der Waals surface area (Å²) in [5, 5.41) is 19.9. The fourth-order valence-corrected chi connectivity index (χ4v) is 6.18. The molecule has 0 spiro atoms. The molecule has 0 fully saturated rings. The van der Waals surface area contributed by atoms with Gasteiger partial charge in [0.15, 0.2) is 5.03 Å². The van der Waals surface area contributed by atoms with Crippen molar-refractivity contribution in [2.75, 3.05) is 4.72 Å². The van der Waals surface area contributed by atoms with E-state index in [4.69, 9.17) is 10.00 Å². The summed E-state index contributed by atoms with van der Waals surface area (Å²) >= 11 is 0. The minimum Gasteiger partial charge on any atom is -0.512 e. The monoisotopic (exact) mass is 593 g/mol. The van der Waals surface area contributed by atoms with Crippen molar-refractivity contribution >= 4 is 21.7 Å². The zero-order valence-corrected chi connectivity index (χ0v) is 24.3. The Bertz CT molecular complexity index is 1720. The molecule has 2 N–H and O–H groups in total. The summed E-state index contributed by atoms with van der Waals surface area (Å²) in [5.41, 5.74) is 2.69. The molecule has 4 aromatic rings. The number of aryl methyl sites for hydroxylation is 2. The van der Waals surface area contributed by atoms with E-state index in [9.17, 15) is 18.3 Å². The van der Waals surface area contributed by atoms with E-state index in [2.05, 4.69) is 9.71 Å². The van der Waals surface area contributed by atoms with Crippen LogP contribution in [0.2, 0.25) is 0 Å². The van der Waals surface area contributed by atoms with Gasteiger partial charge in [0.05, 0.1) is 11.1 Å². The second kappa shape index (κ2) is 12.9. The number of aliphatic hydroxyl groups excluding tert-OH is 1. The molecule has 0 atom stereocenters. The van der Waals surface area contributed by atoms with Crippen LogP contribution in [0, 0.1) is 11.3 Å². The number of hydrogen-bond acceptors (Lipinski definition) is 7. The van der Waals surface area contributed by atoms with E-state index < -0.39 is 21.6 Å². The van der Waals surface area contributed by atoms with Crippen LogP contribution in [-0.2, 0) is 38.8 Å². The molecule has 1 aliphatic heterocycles. The molecule has 0 aliphatic carbocycles. The zero-order chi connectivity index (χ0) is 30.3. The van der Waals surface area contributed by atoms with Crippen LogP contribution >= 0.6 is 0 Å². The number of nitriles is 1. The number of nitrogens with one attached hydrogen (secondary N) is 1. The summed E-state index contributed by atoms with van der Waals surface area (Å²) < 4.78 is 34.3. The summed E-state index contributed by atoms with van der Waals surface area (Å²) in [7, 11) is -4.01. The number of nitrogens with zero attached hydrogens (tertiary/aromatic N) is 2. The number of anilines is 1. The van der Waals surface area contributed by atoms with E-state index in [0.29, 0.717) is 31.2 Å². The highest BCUT2D eigenvalue weighted by Gasteiger charge is 2.41. The topological polar surface area (TPSA) is 129 Å². The van der Waals surface area contributed by atoms with Crippen molar-refractivity contribution in [1.82, 2.24) is 4.98 Å². The number of esters is 1. The van der Waals surface area contributed by atoms with Gasteiger partial charge in [-0.2, -0.15) is 13.7 Å². The number of benzene rings is 3. The highest BCUT2D eigenvalue weighted by molar-refractivity contribution is 7.92. The number of aromatic nitrogens is 1. The van der Waals surface area contributed by atoms with Gasteiger partial charge in [-0.05, 0) is 66.6 Å². The van der Waals surface area contributed by atoms with Gasteiger partial charge in [-0.1, -0.05) is 72.8 Å². The van der Waals surface area contributed by atoms with E-state index in [1.807, 2.05) is 66.7 Å². The fraction of sp³-hybridized carbons (Fsp3) is 0.206. The standard InChI is InChI=1S/C34H31N3O5S/c35-23-28-14-15-32(36-24-28)43(40,41)37-29-13-7-12-27(20-29)21-30-31(38)22-34(42-33(30)39,18-16-25-8-3-1-4-9-25)19-17-26-10-5-2-6-11-26/h1-15,20,24,37-38H,16-19,21-22H2. The van der Waals surface area contributed by atoms with Gasteiger partial charge in [0.25, 0.3) is 10.0 Å². The first-order valence-electron chi connectivity index (χ1n) is 14.0. The average molecular weight is 594 g/mol. The van der Waals surface area contributed by atoms with E-state index in [-0.39, 0.29) is 40.5 Å². The first-order chi connectivity index (χ1) is 20.7. The molecular formula is C34H31N3O5S. The molecule has 3 aromatic carbocycles. The summed E-state index contributed by atoms with van der Waals surface area (Å²) in [6, 6.07) is 31.1. The number of aliphatic hydroxyl groups is 1. The minimum absolute atomic E-state index is 0.00913. The number of cyclic esters (lactones) is 1. The lowest BCUT2D eigenvalue weighted by molar-refractivity contribution is -0.160. The summed E-state index contributed by atoms with van der Waals surface area (Å²) in [6.07, 6.45) is 3.98. The van der Waals surface area contributed by atoms with Gasteiger partial charge in [0.2, 0.25) is 0 Å². The van der Waals surface area contributed by atoms with Gasteiger partial charge in [-0.3, -0.25) is 4.72 Å². The van der Waals surface area contributed by atoms with Crippen molar-refractivity contribution in [1.29, 1.82) is 5.26 Å². The summed E-state index contributed by atoms with van der Waals surface area (Å²) in [5.74, 6) is -0.581. The third-order valence-electron chi connectivity index (χ3n) is 7.52. The molecule has 1 aromatic heterocycles. The van der Waals surface area contributed by atoms with Crippen LogP contribution in [0.4, 0.5) is 5.69 Å². The summed E-state index contributed by atoms with van der Waals surface area (Å²) in [4.78, 5) is 17.3. The number of carbonyl (C=O) groups excluding carboxylic acids is 1. The van der Waals surface area contributed by atoms with Crippen molar-refractivity contribution in [3.63, 3.8) is 0 Å². The lowest BCUT2D eigenvalue weighted by Crippen LogP contribution is -2.41. The predicted octanol–water partition coefficient (Wildman–Crippen LogP) is 6.06. The molecule has 0 radical (unpaired) electrons. The lowest BCUT2D eigenvalue weighted by atomic mass is 9.82. The largest absolute Gasteiger partial charge is 0.512 e. The first kappa shape index (κ1) is 29.5. The van der Waals surface area contributed by atoms with E-state index in [0.717, 1.165) is 11.1 Å². The fourth-order valence-electron chi connectivity index (χ4n) is 5.20. The smallest absolute Gasteiger partial charge is 0.338 e. The van der Waals surface area contributed by atoms with Gasteiger partial charge in [-0.15, -0.1) is 0 Å². The van der Waals surface area contributed by atoms with Crippen molar-refractivity contribution in [3.05, 3.63) is 137 Å². The van der Waals surface area contributed by atoms with E-state index >= 15 is 0 Å². The van der Waals surface area contributed by atoms with E-state index in [1.54, 1.807) is 24.3 Å². The number of sulfonamides is 1. The molecule has 8 nitrogen and oxygen atoms in total. The van der Waals surface area contributed by atoms with Gasteiger partial charge >= 0.3 is 5.97 Å². The molecule has 43 heavy (non-hydrogen) atoms. The van der Waals surface area contributed by atoms with Crippen LogP contribution in [0.1, 0.15) is 41.5 Å². The van der Waals surface area contributed by atoms with Crippen LogP contribution in [0.5, 0.6) is 0 Å². The molecule has 0 unspecified atom stereocenters. The molecule has 218 valence electrons. The molecule has 2 heterocycles. The minimum atomic E-state index is -4.01. The van der Waals surface area contributed by atoms with Gasteiger partial charge in [0.1, 0.15) is 17.4 Å². The Kier molecular flexibility index (Phi) is 8.88. The molecular weight excluding hydrogens is 562 g/mol. The molecule has 0 amide bonds. The summed E-state index contributed by atoms with van der Waals surface area (Å²) in [6.45, 7) is 0. The number of carbonyl (C=O) groups is 1. The van der Waals surface area contributed by atoms with E-state index in [1.165, 1.54) is 18.3 Å². The van der Waals surface area contributed by atoms with Gasteiger partial charge < -0.3 is 9.84 Å². The van der Waals surface area contributed by atoms with Crippen molar-refractivity contribution in [2.24, 2.45) is 0 Å². The van der Waals surface area contributed by atoms with Crippen molar-refractivity contribution in [3.8, 4) is 6.07 Å². The van der Waals surface area contributed by atoms with Crippen molar-refractivity contribution < 1.29 is 23.1 Å². The Morgan fingerprint density at radius 3 is 2.07 bits per heavy atom. The molecule has 1 aliphatic rings. The SMILES string of the molecule is N#Cc1ccc(S(=O)(=O)Nc2cccc(CC3=C(O)CC(CCc4ccccc4)(CCc4ccccc4)OC3=O)c2)nc1. The highest BCUT2D eigenvalue weighted by Crippen LogP contribution is 2.38. The third kappa shape index (κ3) is 7.48. The predicted molar refractivity (Wildman–Crippen MR) is 163 cm³/mol. The maximum Gasteiger partial charge on any atom is 0.338 e. The zero-order valence-electron chi connectivity index (χ0n) is 23.4. The van der Waals surface area contributed by atoms with Gasteiger partial charge in [0, 0.05) is 24.7 Å². The van der Waals surface area contributed by atoms with Crippen LogP contribution in [0.15, 0.2) is 120 Å². The Hall–Kier alpha value is -4.94. The number of ether oxygens (including phenoxy) is 1. The maximum absolute atomic E-state index is 13.4.